The van der Waals surface area contributed by atoms with Crippen molar-refractivity contribution in [1.82, 2.24) is 0 Å². The van der Waals surface area contributed by atoms with Crippen molar-refractivity contribution in [2.45, 2.75) is 13.1 Å². The highest BCUT2D eigenvalue weighted by Gasteiger charge is 2.24. The molecule has 14 heavy (non-hydrogen) atoms. The van der Waals surface area contributed by atoms with Crippen molar-refractivity contribution in [3.63, 3.8) is 0 Å². The summed E-state index contributed by atoms with van der Waals surface area (Å²) in [5.41, 5.74) is 0. The van der Waals surface area contributed by atoms with E-state index < -0.39 is 8.32 Å². The van der Waals surface area contributed by atoms with Gasteiger partial charge in [-0.05, 0) is 29.1 Å². The molecule has 0 N–H and O–H groups in total. The zero-order valence-corrected chi connectivity index (χ0v) is 9.45. The van der Waals surface area contributed by atoms with Gasteiger partial charge < -0.3 is 0 Å². The first-order chi connectivity index (χ1) is 6.59. The van der Waals surface area contributed by atoms with E-state index in [1.807, 2.05) is 43.4 Å². The second-order valence-corrected chi connectivity index (χ2v) is 7.60. The molecule has 1 nitrogen and oxygen atoms in total. The van der Waals surface area contributed by atoms with Crippen LogP contribution in [0.1, 0.15) is 0 Å². The van der Waals surface area contributed by atoms with Crippen molar-refractivity contribution in [2.75, 3.05) is 0 Å². The summed E-state index contributed by atoms with van der Waals surface area (Å²) in [6.07, 6.45) is 0. The molecule has 0 aliphatic rings. The Hall–Kier alpha value is -1.12. The number of fused-ring (bicyclic) bond motifs is 1. The molecule has 2 heteroatoms. The van der Waals surface area contributed by atoms with Gasteiger partial charge in [-0.2, -0.15) is 0 Å². The van der Waals surface area contributed by atoms with Gasteiger partial charge in [-0.25, -0.2) is 0 Å². The zero-order chi connectivity index (χ0) is 10.2. The highest BCUT2D eigenvalue weighted by Crippen LogP contribution is 2.14. The van der Waals surface area contributed by atoms with Gasteiger partial charge in [0.1, 0.15) is 0 Å². The molecule has 0 atom stereocenters. The number of rotatable bonds is 1. The van der Waals surface area contributed by atoms with E-state index in [1.54, 1.807) is 0 Å². The van der Waals surface area contributed by atoms with Crippen molar-refractivity contribution in [1.29, 1.82) is 0 Å². The van der Waals surface area contributed by atoms with Crippen LogP contribution in [0.25, 0.3) is 10.8 Å². The van der Waals surface area contributed by atoms with Crippen LogP contribution in [0.3, 0.4) is 0 Å². The van der Waals surface area contributed by atoms with Gasteiger partial charge in [-0.1, -0.05) is 42.5 Å². The Morgan fingerprint density at radius 2 is 1.57 bits per heavy atom. The van der Waals surface area contributed by atoms with Crippen LogP contribution in [0.4, 0.5) is 0 Å². The molecule has 2 rings (SSSR count). The summed E-state index contributed by atoms with van der Waals surface area (Å²) in [6.45, 7) is 3.68. The lowest BCUT2D eigenvalue weighted by atomic mass is 10.1. The van der Waals surface area contributed by atoms with Gasteiger partial charge in [-0.15, -0.1) is 0 Å². The summed E-state index contributed by atoms with van der Waals surface area (Å²) in [6, 6.07) is 14.1. The molecular weight excluding hydrogens is 188 g/mol. The molecule has 0 bridgehead atoms. The molecule has 2 aromatic carbocycles. The Kier molecular flexibility index (Phi) is 2.17. The van der Waals surface area contributed by atoms with Crippen molar-refractivity contribution < 1.29 is 4.80 Å². The molecule has 2 aromatic rings. The third kappa shape index (κ3) is 1.58. The average Bonchev–Trinajstić information content (AvgIpc) is 2.15. The maximum absolute atomic E-state index is 12.1. The minimum atomic E-state index is -2.45. The van der Waals surface area contributed by atoms with E-state index in [-0.39, 0.29) is 0 Å². The van der Waals surface area contributed by atoms with Gasteiger partial charge in [0.2, 0.25) is 0 Å². The summed E-state index contributed by atoms with van der Waals surface area (Å²) < 4.78 is 0. The minimum Gasteiger partial charge on any atom is -0.292 e. The Bertz CT molecular complexity index is 452. The molecule has 71 valence electrons. The number of hydrogen-bond acceptors (Lipinski definition) is 0. The highest BCUT2D eigenvalue weighted by atomic mass is 28.4. The Labute approximate surface area is 85.1 Å². The van der Waals surface area contributed by atoms with Crippen LogP contribution in [0.5, 0.6) is 0 Å². The lowest BCUT2D eigenvalue weighted by molar-refractivity contribution is 0.443. The maximum atomic E-state index is 12.1. The van der Waals surface area contributed by atoms with Gasteiger partial charge in [0.15, 0.2) is 0 Å². The fourth-order valence-corrected chi connectivity index (χ4v) is 3.12. The number of benzene rings is 2. The Morgan fingerprint density at radius 3 is 2.29 bits per heavy atom. The second-order valence-electron chi connectivity index (χ2n) is 4.04. The van der Waals surface area contributed by atoms with Crippen molar-refractivity contribution in [3.05, 3.63) is 42.5 Å². The standard InChI is InChI=1S/C12H13OSi/c1-14(2,13)12-9-5-7-10-6-3-4-8-11(10)12/h3-9H,1-2H3. The van der Waals surface area contributed by atoms with Crippen molar-refractivity contribution in [3.8, 4) is 0 Å². The first-order valence-corrected chi connectivity index (χ1v) is 7.68. The molecule has 0 aromatic heterocycles. The Balaban J connectivity index is 2.78. The summed E-state index contributed by atoms with van der Waals surface area (Å²) in [4.78, 5) is 12.1. The van der Waals surface area contributed by atoms with Crippen LogP contribution in [-0.4, -0.2) is 8.32 Å². The quantitative estimate of drug-likeness (QED) is 0.632. The lowest BCUT2D eigenvalue weighted by Crippen LogP contribution is -2.40. The largest absolute Gasteiger partial charge is 0.292 e. The fraction of sp³-hybridized carbons (Fsp3) is 0.167. The molecule has 0 aliphatic heterocycles. The van der Waals surface area contributed by atoms with Crippen LogP contribution < -0.4 is 5.19 Å². The monoisotopic (exact) mass is 201 g/mol. The fourth-order valence-electron chi connectivity index (χ4n) is 1.75. The maximum Gasteiger partial charge on any atom is 0.262 e. The summed E-state index contributed by atoms with van der Waals surface area (Å²) in [5.74, 6) is 0. The molecule has 0 aliphatic carbocycles. The van der Waals surface area contributed by atoms with E-state index in [0.29, 0.717) is 0 Å². The van der Waals surface area contributed by atoms with Crippen molar-refractivity contribution >= 4 is 24.3 Å². The average molecular weight is 201 g/mol. The molecule has 0 unspecified atom stereocenters. The minimum absolute atomic E-state index is 1.01. The predicted molar refractivity (Wildman–Crippen MR) is 61.8 cm³/mol. The third-order valence-electron chi connectivity index (χ3n) is 2.44. The first kappa shape index (κ1) is 9.43. The van der Waals surface area contributed by atoms with Gasteiger partial charge in [-0.3, -0.25) is 4.80 Å². The molecule has 0 amide bonds. The van der Waals surface area contributed by atoms with E-state index in [9.17, 15) is 4.80 Å². The third-order valence-corrected chi connectivity index (χ3v) is 4.17. The SMILES string of the molecule is C[Si](C)([O])c1cccc2ccccc12. The summed E-state index contributed by atoms with van der Waals surface area (Å²) >= 11 is 0. The second kappa shape index (κ2) is 3.22. The van der Waals surface area contributed by atoms with Gasteiger partial charge in [0.05, 0.1) is 0 Å². The van der Waals surface area contributed by atoms with Crippen LogP contribution in [0.2, 0.25) is 13.1 Å². The Morgan fingerprint density at radius 1 is 0.929 bits per heavy atom. The van der Waals surface area contributed by atoms with E-state index in [1.165, 1.54) is 5.39 Å². The van der Waals surface area contributed by atoms with Gasteiger partial charge in [0, 0.05) is 0 Å². The smallest absolute Gasteiger partial charge is 0.262 e. The molecular formula is C12H13OSi. The lowest BCUT2D eigenvalue weighted by Gasteiger charge is -2.14. The van der Waals surface area contributed by atoms with E-state index in [2.05, 4.69) is 12.1 Å². The summed E-state index contributed by atoms with van der Waals surface area (Å²) in [5, 5.41) is 3.30. The van der Waals surface area contributed by atoms with E-state index >= 15 is 0 Å². The van der Waals surface area contributed by atoms with E-state index in [4.69, 9.17) is 0 Å². The van der Waals surface area contributed by atoms with Crippen LogP contribution in [-0.2, 0) is 4.80 Å². The van der Waals surface area contributed by atoms with Gasteiger partial charge in [0.25, 0.3) is 8.32 Å². The molecule has 0 saturated carbocycles. The number of hydrogen-bond donors (Lipinski definition) is 0. The van der Waals surface area contributed by atoms with Crippen LogP contribution in [0, 0.1) is 0 Å². The molecule has 0 heterocycles. The highest BCUT2D eigenvalue weighted by molar-refractivity contribution is 6.84. The van der Waals surface area contributed by atoms with Crippen LogP contribution >= 0.6 is 0 Å². The summed E-state index contributed by atoms with van der Waals surface area (Å²) in [7, 11) is -2.45. The van der Waals surface area contributed by atoms with Crippen molar-refractivity contribution in [2.24, 2.45) is 0 Å². The molecule has 1 radical (unpaired) electrons. The van der Waals surface area contributed by atoms with Crippen LogP contribution in [0.15, 0.2) is 42.5 Å². The zero-order valence-electron chi connectivity index (χ0n) is 8.45. The molecule has 0 fully saturated rings. The predicted octanol–water partition coefficient (Wildman–Crippen LogP) is 2.68. The van der Waals surface area contributed by atoms with Gasteiger partial charge >= 0.3 is 0 Å². The molecule has 0 spiro atoms. The normalized spacial score (nSPS) is 11.9. The topological polar surface area (TPSA) is 19.9 Å². The molecule has 0 saturated heterocycles. The first-order valence-electron chi connectivity index (χ1n) is 4.78. The van der Waals surface area contributed by atoms with E-state index in [0.717, 1.165) is 10.6 Å².